The molecular formula is C19H16FN3O2. The maximum atomic E-state index is 13.7. The van der Waals surface area contributed by atoms with Gasteiger partial charge in [0, 0.05) is 17.5 Å². The number of methoxy groups -OCH3 is 1. The second-order valence-electron chi connectivity index (χ2n) is 5.37. The Balaban J connectivity index is 2.36. The number of anilines is 1. The van der Waals surface area contributed by atoms with Gasteiger partial charge in [-0.15, -0.1) is 0 Å². The van der Waals surface area contributed by atoms with Crippen LogP contribution in [0.4, 0.5) is 10.2 Å². The summed E-state index contributed by atoms with van der Waals surface area (Å²) in [6.45, 7) is 0.241. The predicted octanol–water partition coefficient (Wildman–Crippen LogP) is 3.33. The monoisotopic (exact) mass is 337 g/mol. The fourth-order valence-corrected chi connectivity index (χ4v) is 2.75. The van der Waals surface area contributed by atoms with Crippen molar-refractivity contribution in [1.82, 2.24) is 4.98 Å². The molecule has 3 rings (SSSR count). The Bertz CT molecular complexity index is 967. The van der Waals surface area contributed by atoms with Gasteiger partial charge >= 0.3 is 0 Å². The van der Waals surface area contributed by atoms with Gasteiger partial charge in [0.25, 0.3) is 0 Å². The van der Waals surface area contributed by atoms with Gasteiger partial charge in [0.2, 0.25) is 0 Å². The first-order valence-electron chi connectivity index (χ1n) is 7.70. The standard InChI is InChI=1S/C19H16FN3O2/c1-25-14-5-6-15-16(10-14)18(12-3-2-4-13(20)9-12)17(11-21)23-19(15)22-7-8-24/h2-6,9-10,24H,7-8H2,1H3,(H,22,23). The number of benzene rings is 2. The zero-order valence-electron chi connectivity index (χ0n) is 13.6. The van der Waals surface area contributed by atoms with Crippen LogP contribution in [0, 0.1) is 17.1 Å². The lowest BCUT2D eigenvalue weighted by Crippen LogP contribution is -2.09. The summed E-state index contributed by atoms with van der Waals surface area (Å²) in [6, 6.07) is 13.5. The van der Waals surface area contributed by atoms with E-state index in [4.69, 9.17) is 9.84 Å². The molecule has 1 aromatic heterocycles. The van der Waals surface area contributed by atoms with Crippen molar-refractivity contribution in [3.8, 4) is 22.9 Å². The average Bonchev–Trinajstić information content (AvgIpc) is 2.64. The number of halogens is 1. The third-order valence-corrected chi connectivity index (χ3v) is 3.84. The molecule has 0 radical (unpaired) electrons. The van der Waals surface area contributed by atoms with Gasteiger partial charge in [-0.2, -0.15) is 5.26 Å². The highest BCUT2D eigenvalue weighted by Crippen LogP contribution is 2.36. The summed E-state index contributed by atoms with van der Waals surface area (Å²) in [7, 11) is 1.56. The van der Waals surface area contributed by atoms with Gasteiger partial charge < -0.3 is 15.2 Å². The van der Waals surface area contributed by atoms with Gasteiger partial charge in [-0.25, -0.2) is 9.37 Å². The number of fused-ring (bicyclic) bond motifs is 1. The van der Waals surface area contributed by atoms with Gasteiger partial charge in [0.1, 0.15) is 23.5 Å². The topological polar surface area (TPSA) is 78.2 Å². The summed E-state index contributed by atoms with van der Waals surface area (Å²) in [6.07, 6.45) is 0. The predicted molar refractivity (Wildman–Crippen MR) is 94.0 cm³/mol. The Kier molecular flexibility index (Phi) is 4.78. The Morgan fingerprint density at radius 1 is 1.24 bits per heavy atom. The molecule has 0 aliphatic carbocycles. The molecule has 0 spiro atoms. The first-order chi connectivity index (χ1) is 12.2. The van der Waals surface area contributed by atoms with Crippen molar-refractivity contribution in [1.29, 1.82) is 5.26 Å². The zero-order chi connectivity index (χ0) is 17.8. The van der Waals surface area contributed by atoms with Crippen LogP contribution in [0.5, 0.6) is 5.75 Å². The zero-order valence-corrected chi connectivity index (χ0v) is 13.6. The number of nitriles is 1. The number of nitrogens with one attached hydrogen (secondary N) is 1. The Labute approximate surface area is 144 Å². The lowest BCUT2D eigenvalue weighted by molar-refractivity contribution is 0.311. The van der Waals surface area contributed by atoms with E-state index in [2.05, 4.69) is 16.4 Å². The second kappa shape index (κ2) is 7.16. The number of rotatable bonds is 5. The molecule has 0 aliphatic rings. The number of aliphatic hydroxyl groups is 1. The summed E-state index contributed by atoms with van der Waals surface area (Å²) < 4.78 is 19.0. The van der Waals surface area contributed by atoms with Crippen molar-refractivity contribution in [2.24, 2.45) is 0 Å². The van der Waals surface area contributed by atoms with Crippen LogP contribution in [0.2, 0.25) is 0 Å². The molecule has 0 saturated carbocycles. The molecule has 5 nitrogen and oxygen atoms in total. The van der Waals surface area contributed by atoms with Crippen molar-refractivity contribution in [3.63, 3.8) is 0 Å². The molecule has 0 amide bonds. The molecule has 0 fully saturated rings. The van der Waals surface area contributed by atoms with Gasteiger partial charge in [-0.3, -0.25) is 0 Å². The van der Waals surface area contributed by atoms with Crippen LogP contribution in [-0.2, 0) is 0 Å². The van der Waals surface area contributed by atoms with E-state index in [-0.39, 0.29) is 18.1 Å². The van der Waals surface area contributed by atoms with E-state index < -0.39 is 0 Å². The molecule has 0 aliphatic heterocycles. The fourth-order valence-electron chi connectivity index (χ4n) is 2.75. The average molecular weight is 337 g/mol. The van der Waals surface area contributed by atoms with Gasteiger partial charge in [0.15, 0.2) is 5.69 Å². The SMILES string of the molecule is COc1ccc2c(NCCO)nc(C#N)c(-c3cccc(F)c3)c2c1. The molecule has 2 aromatic carbocycles. The number of hydrogen-bond donors (Lipinski definition) is 2. The highest BCUT2D eigenvalue weighted by Gasteiger charge is 2.16. The largest absolute Gasteiger partial charge is 0.497 e. The molecule has 0 atom stereocenters. The maximum Gasteiger partial charge on any atom is 0.151 e. The Hall–Kier alpha value is -3.17. The van der Waals surface area contributed by atoms with Crippen LogP contribution in [0.1, 0.15) is 5.69 Å². The van der Waals surface area contributed by atoms with Gasteiger partial charge in [-0.1, -0.05) is 12.1 Å². The third kappa shape index (κ3) is 3.23. The van der Waals surface area contributed by atoms with Crippen LogP contribution in [0.25, 0.3) is 21.9 Å². The highest BCUT2D eigenvalue weighted by molar-refractivity contribution is 6.04. The Morgan fingerprint density at radius 2 is 2.08 bits per heavy atom. The lowest BCUT2D eigenvalue weighted by Gasteiger charge is -2.15. The quantitative estimate of drug-likeness (QED) is 0.747. The number of ether oxygens (including phenoxy) is 1. The third-order valence-electron chi connectivity index (χ3n) is 3.84. The number of hydrogen-bond acceptors (Lipinski definition) is 5. The van der Waals surface area contributed by atoms with Gasteiger partial charge in [-0.05, 0) is 41.3 Å². The molecule has 3 aromatic rings. The number of aliphatic hydroxyl groups excluding tert-OH is 1. The summed E-state index contributed by atoms with van der Waals surface area (Å²) in [5.74, 6) is 0.719. The minimum Gasteiger partial charge on any atom is -0.497 e. The van der Waals surface area contributed by atoms with Crippen molar-refractivity contribution >= 4 is 16.6 Å². The van der Waals surface area contributed by atoms with E-state index in [1.807, 2.05) is 6.07 Å². The Morgan fingerprint density at radius 3 is 2.76 bits per heavy atom. The van der Waals surface area contributed by atoms with Crippen molar-refractivity contribution in [2.45, 2.75) is 0 Å². The van der Waals surface area contributed by atoms with Crippen molar-refractivity contribution < 1.29 is 14.2 Å². The van der Waals surface area contributed by atoms with E-state index in [9.17, 15) is 9.65 Å². The number of nitrogens with zero attached hydrogens (tertiary/aromatic N) is 2. The van der Waals surface area contributed by atoms with Crippen LogP contribution in [0.15, 0.2) is 42.5 Å². The van der Waals surface area contributed by atoms with E-state index >= 15 is 0 Å². The summed E-state index contributed by atoms with van der Waals surface area (Å²) in [4.78, 5) is 4.37. The van der Waals surface area contributed by atoms with E-state index in [1.54, 1.807) is 31.4 Å². The number of pyridine rings is 1. The lowest BCUT2D eigenvalue weighted by atomic mass is 9.96. The summed E-state index contributed by atoms with van der Waals surface area (Å²) >= 11 is 0. The minimum absolute atomic E-state index is 0.0626. The maximum absolute atomic E-state index is 13.7. The smallest absolute Gasteiger partial charge is 0.151 e. The molecule has 0 unspecified atom stereocenters. The normalized spacial score (nSPS) is 10.5. The van der Waals surface area contributed by atoms with Gasteiger partial charge in [0.05, 0.1) is 13.7 Å². The first kappa shape index (κ1) is 16.7. The molecule has 1 heterocycles. The van der Waals surface area contributed by atoms with E-state index in [1.165, 1.54) is 12.1 Å². The highest BCUT2D eigenvalue weighted by atomic mass is 19.1. The first-order valence-corrected chi connectivity index (χ1v) is 7.70. The van der Waals surface area contributed by atoms with Crippen LogP contribution >= 0.6 is 0 Å². The molecule has 0 saturated heterocycles. The minimum atomic E-state index is -0.389. The second-order valence-corrected chi connectivity index (χ2v) is 5.37. The van der Waals surface area contributed by atoms with Crippen molar-refractivity contribution in [2.75, 3.05) is 25.6 Å². The molecule has 126 valence electrons. The molecule has 0 bridgehead atoms. The van der Waals surface area contributed by atoms with Crippen LogP contribution in [-0.4, -0.2) is 30.4 Å². The van der Waals surface area contributed by atoms with E-state index in [0.29, 0.717) is 29.2 Å². The summed E-state index contributed by atoms with van der Waals surface area (Å²) in [5.41, 5.74) is 1.29. The summed E-state index contributed by atoms with van der Waals surface area (Å²) in [5, 5.41) is 23.1. The van der Waals surface area contributed by atoms with E-state index in [0.717, 1.165) is 10.8 Å². The number of aromatic nitrogens is 1. The molecular weight excluding hydrogens is 321 g/mol. The molecule has 6 heteroatoms. The molecule has 25 heavy (non-hydrogen) atoms. The fraction of sp³-hybridized carbons (Fsp3) is 0.158. The molecule has 2 N–H and O–H groups in total. The van der Waals surface area contributed by atoms with Crippen LogP contribution in [0.3, 0.4) is 0 Å². The van der Waals surface area contributed by atoms with Crippen molar-refractivity contribution in [3.05, 3.63) is 54.0 Å². The van der Waals surface area contributed by atoms with Crippen LogP contribution < -0.4 is 10.1 Å².